The topological polar surface area (TPSA) is 69.3 Å². The number of nitrogens with one attached hydrogen (secondary N) is 1. The molecule has 0 aliphatic carbocycles. The molecule has 0 bridgehead atoms. The number of benzene rings is 3. The Balaban J connectivity index is 1.30. The van der Waals surface area contributed by atoms with Crippen LogP contribution < -0.4 is 4.90 Å². The molecule has 1 unspecified atom stereocenters. The maximum Gasteiger partial charge on any atom is 0.233 e. The van der Waals surface area contributed by atoms with E-state index in [2.05, 4.69) is 64.5 Å². The summed E-state index contributed by atoms with van der Waals surface area (Å²) < 4.78 is 0. The molecule has 0 saturated carbocycles. The van der Waals surface area contributed by atoms with Crippen LogP contribution in [-0.2, 0) is 9.59 Å². The average molecular weight is 523 g/mol. The number of anilines is 1. The van der Waals surface area contributed by atoms with Crippen LogP contribution in [0.5, 0.6) is 0 Å². The summed E-state index contributed by atoms with van der Waals surface area (Å²) in [5.41, 5.74) is 3.19. The van der Waals surface area contributed by atoms with Crippen LogP contribution in [0.1, 0.15) is 57.2 Å². The van der Waals surface area contributed by atoms with Gasteiger partial charge in [0.2, 0.25) is 5.91 Å². The molecule has 2 heterocycles. The molecule has 39 heavy (non-hydrogen) atoms. The van der Waals surface area contributed by atoms with Crippen molar-refractivity contribution in [3.05, 3.63) is 84.8 Å². The average Bonchev–Trinajstić information content (AvgIpc) is 3.49. The van der Waals surface area contributed by atoms with Crippen molar-refractivity contribution in [2.24, 2.45) is 0 Å². The second-order valence-electron chi connectivity index (χ2n) is 10.4. The molecule has 1 fully saturated rings. The zero-order chi connectivity index (χ0) is 27.0. The monoisotopic (exact) mass is 522 g/mol. The Bertz CT molecular complexity index is 1390. The van der Waals surface area contributed by atoms with E-state index < -0.39 is 0 Å². The van der Waals surface area contributed by atoms with Crippen molar-refractivity contribution < 1.29 is 9.59 Å². The number of fused-ring (bicyclic) bond motifs is 1. The van der Waals surface area contributed by atoms with Gasteiger partial charge in [-0.15, -0.1) is 0 Å². The van der Waals surface area contributed by atoms with Crippen LogP contribution >= 0.6 is 0 Å². The molecule has 1 saturated heterocycles. The number of piperazine rings is 1. The summed E-state index contributed by atoms with van der Waals surface area (Å²) in [4.78, 5) is 38.2. The van der Waals surface area contributed by atoms with E-state index >= 15 is 0 Å². The predicted molar refractivity (Wildman–Crippen MR) is 158 cm³/mol. The first-order valence-electron chi connectivity index (χ1n) is 14.3. The van der Waals surface area contributed by atoms with E-state index in [0.29, 0.717) is 31.7 Å². The summed E-state index contributed by atoms with van der Waals surface area (Å²) in [5, 5.41) is 2.38. The molecule has 1 N–H and O–H groups in total. The quantitative estimate of drug-likeness (QED) is 0.226. The largest absolute Gasteiger partial charge is 0.368 e. The highest BCUT2D eigenvalue weighted by atomic mass is 16.2. The number of carbonyl (C=O) groups is 2. The highest BCUT2D eigenvalue weighted by Gasteiger charge is 2.30. The van der Waals surface area contributed by atoms with Crippen molar-refractivity contribution in [3.8, 4) is 11.3 Å². The number of hydrogen-bond donors (Lipinski definition) is 1. The molecule has 4 aromatic rings. The van der Waals surface area contributed by atoms with E-state index in [9.17, 15) is 9.59 Å². The van der Waals surface area contributed by atoms with Crippen LogP contribution in [0.3, 0.4) is 0 Å². The Morgan fingerprint density at radius 1 is 0.872 bits per heavy atom. The molecular weight excluding hydrogens is 484 g/mol. The van der Waals surface area contributed by atoms with Gasteiger partial charge in [-0.3, -0.25) is 9.59 Å². The zero-order valence-electron chi connectivity index (χ0n) is 22.8. The normalized spacial score (nSPS) is 14.5. The van der Waals surface area contributed by atoms with Crippen molar-refractivity contribution in [1.29, 1.82) is 0 Å². The van der Waals surface area contributed by atoms with E-state index in [1.165, 1.54) is 16.5 Å². The van der Waals surface area contributed by atoms with E-state index in [0.717, 1.165) is 55.9 Å². The number of unbranched alkanes of at least 4 members (excludes halogenated alkanes) is 2. The lowest BCUT2D eigenvalue weighted by Gasteiger charge is -2.37. The summed E-state index contributed by atoms with van der Waals surface area (Å²) in [6.07, 6.45) is 6.52. The number of imidazole rings is 1. The van der Waals surface area contributed by atoms with Gasteiger partial charge in [-0.05, 0) is 41.8 Å². The van der Waals surface area contributed by atoms with Gasteiger partial charge in [0.1, 0.15) is 11.6 Å². The van der Waals surface area contributed by atoms with Crippen molar-refractivity contribution in [3.63, 3.8) is 0 Å². The molecule has 5 rings (SSSR count). The van der Waals surface area contributed by atoms with E-state index in [1.807, 2.05) is 36.2 Å². The van der Waals surface area contributed by atoms with Gasteiger partial charge in [-0.2, -0.15) is 0 Å². The Hall–Kier alpha value is -3.93. The third kappa shape index (κ3) is 6.56. The molecule has 0 radical (unpaired) electrons. The van der Waals surface area contributed by atoms with Crippen molar-refractivity contribution >= 4 is 28.2 Å². The maximum absolute atomic E-state index is 13.9. The smallest absolute Gasteiger partial charge is 0.233 e. The minimum Gasteiger partial charge on any atom is -0.368 e. The molecule has 6 nitrogen and oxygen atoms in total. The number of aromatic amines is 1. The number of carbonyl (C=O) groups excluding carboxylic acids is 2. The van der Waals surface area contributed by atoms with Gasteiger partial charge in [0, 0.05) is 50.3 Å². The fourth-order valence-electron chi connectivity index (χ4n) is 5.46. The van der Waals surface area contributed by atoms with Gasteiger partial charge in [0.05, 0.1) is 17.8 Å². The molecule has 1 aliphatic rings. The fraction of sp³-hybridized carbons (Fsp3) is 0.364. The van der Waals surface area contributed by atoms with Crippen molar-refractivity contribution in [2.75, 3.05) is 31.1 Å². The molecule has 1 aliphatic heterocycles. The third-order valence-electron chi connectivity index (χ3n) is 7.84. The third-order valence-corrected chi connectivity index (χ3v) is 7.84. The Labute approximate surface area is 231 Å². The molecule has 1 atom stereocenters. The summed E-state index contributed by atoms with van der Waals surface area (Å²) >= 11 is 0. The maximum atomic E-state index is 13.9. The van der Waals surface area contributed by atoms with Gasteiger partial charge >= 0.3 is 0 Å². The van der Waals surface area contributed by atoms with E-state index in [1.54, 1.807) is 0 Å². The lowest BCUT2D eigenvalue weighted by Crippen LogP contribution is -2.50. The van der Waals surface area contributed by atoms with E-state index in [4.69, 9.17) is 4.98 Å². The highest BCUT2D eigenvalue weighted by Crippen LogP contribution is 2.29. The lowest BCUT2D eigenvalue weighted by molar-refractivity contribution is -0.133. The van der Waals surface area contributed by atoms with Crippen molar-refractivity contribution in [2.45, 2.75) is 51.4 Å². The standard InChI is InChI=1S/C33H38N4O2/c1-2-29(38)15-7-4-8-16-30(33(39)37-21-19-36(20-22-37)28-13-5-3-6-14-28)32-34-24-31(35-32)27-18-17-25-11-9-10-12-26(25)23-27/h3,5-6,9-14,17-18,23-24,30H,2,4,7-8,15-16,19-22H2,1H3,(H,34,35). The van der Waals surface area contributed by atoms with Gasteiger partial charge < -0.3 is 14.8 Å². The number of amides is 1. The first-order valence-corrected chi connectivity index (χ1v) is 14.3. The Kier molecular flexibility index (Phi) is 8.71. The second kappa shape index (κ2) is 12.7. The number of nitrogens with zero attached hydrogens (tertiary/aromatic N) is 3. The predicted octanol–water partition coefficient (Wildman–Crippen LogP) is 6.59. The number of aromatic nitrogens is 2. The second-order valence-corrected chi connectivity index (χ2v) is 10.4. The number of hydrogen-bond acceptors (Lipinski definition) is 4. The van der Waals surface area contributed by atoms with Crippen LogP contribution in [0, 0.1) is 0 Å². The number of para-hydroxylation sites is 1. The Morgan fingerprint density at radius 3 is 2.38 bits per heavy atom. The van der Waals surface area contributed by atoms with Gasteiger partial charge in [0.15, 0.2) is 0 Å². The molecule has 6 heteroatoms. The summed E-state index contributed by atoms with van der Waals surface area (Å²) in [6, 6.07) is 25.1. The number of ketones is 1. The van der Waals surface area contributed by atoms with Crippen LogP contribution in [0.2, 0.25) is 0 Å². The minimum absolute atomic E-state index is 0.145. The minimum atomic E-state index is -0.315. The van der Waals surface area contributed by atoms with Crippen LogP contribution in [-0.4, -0.2) is 52.7 Å². The van der Waals surface area contributed by atoms with Crippen molar-refractivity contribution in [1.82, 2.24) is 14.9 Å². The van der Waals surface area contributed by atoms with Crippen LogP contribution in [0.25, 0.3) is 22.0 Å². The van der Waals surface area contributed by atoms with E-state index in [-0.39, 0.29) is 11.8 Å². The molecule has 0 spiro atoms. The number of H-pyrrole nitrogens is 1. The van der Waals surface area contributed by atoms with Crippen LogP contribution in [0.4, 0.5) is 5.69 Å². The first-order chi connectivity index (χ1) is 19.1. The number of rotatable bonds is 11. The Morgan fingerprint density at radius 2 is 1.62 bits per heavy atom. The summed E-state index contributed by atoms with van der Waals surface area (Å²) in [6.45, 7) is 4.96. The molecular formula is C33H38N4O2. The molecule has 3 aromatic carbocycles. The first kappa shape index (κ1) is 26.7. The molecule has 202 valence electrons. The van der Waals surface area contributed by atoms with Gasteiger partial charge in [0.25, 0.3) is 0 Å². The fourth-order valence-corrected chi connectivity index (χ4v) is 5.46. The lowest BCUT2D eigenvalue weighted by atomic mass is 9.97. The number of Topliss-reactive ketones (excluding diaryl/α,β-unsaturated/α-hetero) is 1. The molecule has 1 aromatic heterocycles. The summed E-state index contributed by atoms with van der Waals surface area (Å²) in [5.74, 6) is 0.874. The van der Waals surface area contributed by atoms with Gasteiger partial charge in [-0.1, -0.05) is 74.4 Å². The van der Waals surface area contributed by atoms with Gasteiger partial charge in [-0.25, -0.2) is 4.98 Å². The molecule has 1 amide bonds. The highest BCUT2D eigenvalue weighted by molar-refractivity contribution is 5.87. The SMILES string of the molecule is CCC(=O)CCCCCC(C(=O)N1CCN(c2ccccc2)CC1)c1ncc(-c2ccc3ccccc3c2)[nH]1. The summed E-state index contributed by atoms with van der Waals surface area (Å²) in [7, 11) is 0. The van der Waals surface area contributed by atoms with Crippen LogP contribution in [0.15, 0.2) is 79.0 Å². The zero-order valence-corrected chi connectivity index (χ0v) is 22.8.